The molecule has 1 aromatic heterocycles. The Morgan fingerprint density at radius 3 is 2.53 bits per heavy atom. The van der Waals surface area contributed by atoms with Crippen LogP contribution in [-0.2, 0) is 29.1 Å². The fourth-order valence-corrected chi connectivity index (χ4v) is 10.3. The van der Waals surface area contributed by atoms with Crippen LogP contribution in [0.1, 0.15) is 76.7 Å². The van der Waals surface area contributed by atoms with Gasteiger partial charge < -0.3 is 29.7 Å². The molecule has 60 heavy (non-hydrogen) atoms. The highest BCUT2D eigenvalue weighted by Crippen LogP contribution is 2.46. The summed E-state index contributed by atoms with van der Waals surface area (Å²) in [4.78, 5) is 63.0. The first-order chi connectivity index (χ1) is 28.9. The number of carbonyl (C=O) groups is 4. The molecule has 3 heterocycles. The largest absolute Gasteiger partial charge is 0.496 e. The lowest BCUT2D eigenvalue weighted by Gasteiger charge is -2.32. The third kappa shape index (κ3) is 8.59. The van der Waals surface area contributed by atoms with Crippen LogP contribution in [0.2, 0.25) is 0 Å². The van der Waals surface area contributed by atoms with E-state index < -0.39 is 68.7 Å². The number of hydrogen-bond acceptors (Lipinski definition) is 10. The van der Waals surface area contributed by atoms with Crippen LogP contribution in [0.25, 0.3) is 28.2 Å². The molecule has 0 spiro atoms. The zero-order valence-corrected chi connectivity index (χ0v) is 34.9. The highest BCUT2D eigenvalue weighted by Gasteiger charge is 2.62. The number of amides is 4. The molecule has 1 saturated heterocycles. The quantitative estimate of drug-likeness (QED) is 0.228. The van der Waals surface area contributed by atoms with Gasteiger partial charge in [0.2, 0.25) is 21.8 Å². The summed E-state index contributed by atoms with van der Waals surface area (Å²) in [5.41, 5.74) is 1.38. The number of aromatic nitrogens is 1. The van der Waals surface area contributed by atoms with E-state index in [9.17, 15) is 27.6 Å². The van der Waals surface area contributed by atoms with Crippen LogP contribution in [0.3, 0.4) is 0 Å². The first-order valence-corrected chi connectivity index (χ1v) is 22.6. The second kappa shape index (κ2) is 16.9. The number of benzene rings is 2. The Bertz CT molecular complexity index is 2310. The van der Waals surface area contributed by atoms with E-state index in [0.29, 0.717) is 53.8 Å². The summed E-state index contributed by atoms with van der Waals surface area (Å²) in [5, 5.41) is 5.80. The SMILES string of the molecule is C=C[C@@H]1C[C@]1(NC(=O)[C@@H]1C[C@@H]2CN1C(=O)[C@H](C1CCCC1)NC(=O)OCC(C)CCC=Cc1cc3c(cc(-c4ccccc4)nc3cc1OC)O2)C(=O)NS(=O)(=O)C1CC1. The van der Waals surface area contributed by atoms with E-state index in [2.05, 4.69) is 28.0 Å². The molecule has 3 aliphatic carbocycles. The van der Waals surface area contributed by atoms with Gasteiger partial charge in [-0.3, -0.25) is 19.1 Å². The molecule has 0 radical (unpaired) electrons. The van der Waals surface area contributed by atoms with Gasteiger partial charge in [0.05, 0.1) is 36.7 Å². The first-order valence-electron chi connectivity index (χ1n) is 21.0. The molecule has 5 aliphatic rings. The third-order valence-electron chi connectivity index (χ3n) is 12.6. The molecule has 8 rings (SSSR count). The number of cyclic esters (lactones) is 1. The second-order valence-corrected chi connectivity index (χ2v) is 19.0. The number of sulfonamides is 1. The smallest absolute Gasteiger partial charge is 0.407 e. The molecule has 4 amide bonds. The average Bonchev–Trinajstić information content (AvgIpc) is 4.12. The molecular weight excluding hydrogens is 787 g/mol. The van der Waals surface area contributed by atoms with Crippen molar-refractivity contribution in [3.05, 3.63) is 72.8 Å². The number of allylic oxidation sites excluding steroid dienone is 1. The fraction of sp³-hybridized carbons (Fsp3) is 0.489. The monoisotopic (exact) mass is 839 g/mol. The fourth-order valence-electron chi connectivity index (χ4n) is 8.89. The molecule has 2 aromatic carbocycles. The molecule has 318 valence electrons. The minimum absolute atomic E-state index is 0.0125. The van der Waals surface area contributed by atoms with Crippen LogP contribution in [0.4, 0.5) is 4.79 Å². The summed E-state index contributed by atoms with van der Waals surface area (Å²) in [7, 11) is -2.31. The minimum atomic E-state index is -3.91. The Balaban J connectivity index is 1.18. The Kier molecular flexibility index (Phi) is 11.6. The van der Waals surface area contributed by atoms with Gasteiger partial charge in [-0.15, -0.1) is 6.58 Å². The number of rotatable bonds is 9. The van der Waals surface area contributed by atoms with E-state index in [1.165, 1.54) is 11.0 Å². The molecule has 4 bridgehead atoms. The molecule has 3 N–H and O–H groups in total. The standard InChI is InChI=1S/C45H53N5O9S/c1-4-31-24-45(31,43(53)49-60(55,56)33-18-19-33)48-41(51)37-21-32-25-50(37)42(52)40(29-15-10-11-16-29)47-44(54)58-26-27(2)12-8-9-17-30-20-34-36(23-38(30)57-3)46-35(22-39(34)59-32)28-13-6-5-7-14-28/h4-7,9,13-14,17,20,22-23,27,29,31-33,37,40H,1,8,10-12,15-16,18-19,21,24-26H2,2-3H3,(H,47,54)(H,48,51)(H,49,53)/t27?,31-,32-,37+,40+,45-/m1/s1. The number of hydrogen-bond donors (Lipinski definition) is 3. The normalized spacial score (nSPS) is 27.5. The zero-order valence-electron chi connectivity index (χ0n) is 34.1. The Morgan fingerprint density at radius 2 is 1.83 bits per heavy atom. The van der Waals surface area contributed by atoms with Gasteiger partial charge in [0.1, 0.15) is 35.2 Å². The van der Waals surface area contributed by atoms with Crippen molar-refractivity contribution in [2.24, 2.45) is 17.8 Å². The highest BCUT2D eigenvalue weighted by atomic mass is 32.2. The van der Waals surface area contributed by atoms with Crippen molar-refractivity contribution in [2.75, 3.05) is 20.3 Å². The maximum absolute atomic E-state index is 14.9. The summed E-state index contributed by atoms with van der Waals surface area (Å²) in [5.74, 6) is -1.49. The molecule has 6 atom stereocenters. The summed E-state index contributed by atoms with van der Waals surface area (Å²) in [6.45, 7) is 5.96. The number of fused-ring (bicyclic) bond motifs is 3. The number of nitrogens with zero attached hydrogens (tertiary/aromatic N) is 2. The maximum atomic E-state index is 14.9. The van der Waals surface area contributed by atoms with E-state index in [0.717, 1.165) is 36.8 Å². The van der Waals surface area contributed by atoms with Gasteiger partial charge in [0, 0.05) is 41.0 Å². The lowest BCUT2D eigenvalue weighted by atomic mass is 9.96. The number of methoxy groups -OCH3 is 1. The van der Waals surface area contributed by atoms with Crippen molar-refractivity contribution in [1.82, 2.24) is 25.2 Å². The molecule has 4 fully saturated rings. The maximum Gasteiger partial charge on any atom is 0.407 e. The van der Waals surface area contributed by atoms with Crippen LogP contribution >= 0.6 is 0 Å². The van der Waals surface area contributed by atoms with Gasteiger partial charge in [0.25, 0.3) is 5.91 Å². The van der Waals surface area contributed by atoms with Crippen molar-refractivity contribution < 1.29 is 41.8 Å². The number of nitrogens with one attached hydrogen (secondary N) is 3. The van der Waals surface area contributed by atoms with Gasteiger partial charge >= 0.3 is 6.09 Å². The topological polar surface area (TPSA) is 182 Å². The van der Waals surface area contributed by atoms with Gasteiger partial charge in [0.15, 0.2) is 0 Å². The van der Waals surface area contributed by atoms with Gasteiger partial charge in [-0.25, -0.2) is 18.2 Å². The van der Waals surface area contributed by atoms with Crippen molar-refractivity contribution in [3.8, 4) is 22.8 Å². The van der Waals surface area contributed by atoms with Gasteiger partial charge in [-0.2, -0.15) is 0 Å². The van der Waals surface area contributed by atoms with Gasteiger partial charge in [-0.05, 0) is 62.8 Å². The van der Waals surface area contributed by atoms with Gasteiger partial charge in [-0.1, -0.05) is 68.3 Å². The van der Waals surface area contributed by atoms with E-state index in [1.54, 1.807) is 7.11 Å². The van der Waals surface area contributed by atoms with Crippen molar-refractivity contribution in [2.45, 2.75) is 100 Å². The number of alkyl carbamates (subject to hydrolysis) is 1. The van der Waals surface area contributed by atoms with E-state index in [-0.39, 0.29) is 37.8 Å². The molecule has 15 heteroatoms. The van der Waals surface area contributed by atoms with Crippen molar-refractivity contribution >= 4 is 50.8 Å². The molecule has 3 aromatic rings. The summed E-state index contributed by atoms with van der Waals surface area (Å²) >= 11 is 0. The Labute approximate surface area is 350 Å². The highest BCUT2D eigenvalue weighted by molar-refractivity contribution is 7.91. The van der Waals surface area contributed by atoms with Crippen LogP contribution in [0, 0.1) is 17.8 Å². The minimum Gasteiger partial charge on any atom is -0.496 e. The van der Waals surface area contributed by atoms with Crippen molar-refractivity contribution in [3.63, 3.8) is 0 Å². The molecular formula is C45H53N5O9S. The van der Waals surface area contributed by atoms with E-state index in [4.69, 9.17) is 19.2 Å². The number of carbonyl (C=O) groups excluding carboxylic acids is 4. The first kappa shape index (κ1) is 41.3. The van der Waals surface area contributed by atoms with E-state index in [1.807, 2.05) is 61.5 Å². The molecule has 1 unspecified atom stereocenters. The zero-order chi connectivity index (χ0) is 42.2. The van der Waals surface area contributed by atoms with Crippen LogP contribution in [-0.4, -0.2) is 91.4 Å². The van der Waals surface area contributed by atoms with Crippen LogP contribution in [0.5, 0.6) is 11.5 Å². The van der Waals surface area contributed by atoms with Crippen LogP contribution in [0.15, 0.2) is 67.3 Å². The Morgan fingerprint density at radius 1 is 1.07 bits per heavy atom. The predicted octanol–water partition coefficient (Wildman–Crippen LogP) is 5.66. The summed E-state index contributed by atoms with van der Waals surface area (Å²) in [6.07, 6.45) is 9.92. The van der Waals surface area contributed by atoms with E-state index >= 15 is 0 Å². The lowest BCUT2D eigenvalue weighted by Crippen LogP contribution is -2.59. The summed E-state index contributed by atoms with van der Waals surface area (Å²) < 4.78 is 46.3. The number of ether oxygens (including phenoxy) is 3. The summed E-state index contributed by atoms with van der Waals surface area (Å²) in [6, 6.07) is 13.3. The Hall–Kier alpha value is -5.44. The predicted molar refractivity (Wildman–Crippen MR) is 225 cm³/mol. The molecule has 3 saturated carbocycles. The van der Waals surface area contributed by atoms with Crippen molar-refractivity contribution in [1.29, 1.82) is 0 Å². The molecule has 2 aliphatic heterocycles. The number of pyridine rings is 1. The average molecular weight is 840 g/mol. The molecule has 14 nitrogen and oxygen atoms in total. The third-order valence-corrected chi connectivity index (χ3v) is 14.4. The second-order valence-electron chi connectivity index (χ2n) is 17.0. The lowest BCUT2D eigenvalue weighted by molar-refractivity contribution is -0.142. The van der Waals surface area contributed by atoms with Crippen LogP contribution < -0.4 is 24.8 Å².